The van der Waals surface area contributed by atoms with Gasteiger partial charge in [-0.3, -0.25) is 0 Å². The number of hydrogen-bond acceptors (Lipinski definition) is 3. The van der Waals surface area contributed by atoms with Crippen molar-refractivity contribution in [1.82, 2.24) is 4.98 Å². The van der Waals surface area contributed by atoms with E-state index in [2.05, 4.69) is 11.1 Å². The number of halogens is 1. The lowest BCUT2D eigenvalue weighted by Gasteiger charge is -1.96. The van der Waals surface area contributed by atoms with Crippen molar-refractivity contribution in [2.75, 3.05) is 0 Å². The molecule has 2 rings (SSSR count). The van der Waals surface area contributed by atoms with Crippen LogP contribution in [0.3, 0.4) is 0 Å². The third kappa shape index (κ3) is 1.03. The highest BCUT2D eigenvalue weighted by atomic mass is 35.5. The zero-order chi connectivity index (χ0) is 7.90. The zero-order valence-electron chi connectivity index (χ0n) is 5.67. The standard InChI is InChI=1S/C7H5ClN2S/c8-6-10-3-5(11-6)7(4-9)1-2-7/h3H,1-2H2. The van der Waals surface area contributed by atoms with E-state index in [-0.39, 0.29) is 5.41 Å². The van der Waals surface area contributed by atoms with E-state index < -0.39 is 0 Å². The molecule has 1 aliphatic carbocycles. The van der Waals surface area contributed by atoms with Gasteiger partial charge in [0, 0.05) is 11.1 Å². The molecule has 0 aromatic carbocycles. The Morgan fingerprint density at radius 1 is 1.73 bits per heavy atom. The largest absolute Gasteiger partial charge is 0.233 e. The van der Waals surface area contributed by atoms with Crippen LogP contribution in [0.1, 0.15) is 17.7 Å². The lowest BCUT2D eigenvalue weighted by atomic mass is 10.1. The first-order chi connectivity index (χ1) is 5.27. The monoisotopic (exact) mass is 184 g/mol. The minimum atomic E-state index is -0.217. The van der Waals surface area contributed by atoms with Crippen LogP contribution < -0.4 is 0 Å². The molecule has 0 unspecified atom stereocenters. The molecule has 0 spiro atoms. The van der Waals surface area contributed by atoms with Crippen LogP contribution in [0.25, 0.3) is 0 Å². The molecule has 1 aromatic rings. The van der Waals surface area contributed by atoms with Gasteiger partial charge in [0.05, 0.1) is 11.5 Å². The average Bonchev–Trinajstić information content (AvgIpc) is 2.70. The van der Waals surface area contributed by atoms with Crippen LogP contribution in [-0.4, -0.2) is 4.98 Å². The quantitative estimate of drug-likeness (QED) is 0.672. The van der Waals surface area contributed by atoms with E-state index in [1.54, 1.807) is 6.20 Å². The molecule has 1 saturated carbocycles. The first-order valence-electron chi connectivity index (χ1n) is 3.30. The summed E-state index contributed by atoms with van der Waals surface area (Å²) in [4.78, 5) is 4.92. The molecule has 2 nitrogen and oxygen atoms in total. The normalized spacial score (nSPS) is 19.3. The molecule has 56 valence electrons. The number of nitrogens with zero attached hydrogens (tertiary/aromatic N) is 2. The van der Waals surface area contributed by atoms with Crippen LogP contribution in [0.5, 0.6) is 0 Å². The number of rotatable bonds is 1. The topological polar surface area (TPSA) is 36.7 Å². The van der Waals surface area contributed by atoms with E-state index >= 15 is 0 Å². The average molecular weight is 185 g/mol. The Hall–Kier alpha value is -0.590. The highest BCUT2D eigenvalue weighted by Crippen LogP contribution is 2.49. The highest BCUT2D eigenvalue weighted by molar-refractivity contribution is 7.15. The minimum absolute atomic E-state index is 0.217. The van der Waals surface area contributed by atoms with Gasteiger partial charge in [0.25, 0.3) is 0 Å². The summed E-state index contributed by atoms with van der Waals surface area (Å²) in [6.07, 6.45) is 3.63. The summed E-state index contributed by atoms with van der Waals surface area (Å²) < 4.78 is 0.529. The molecule has 0 radical (unpaired) electrons. The van der Waals surface area contributed by atoms with Crippen LogP contribution in [0.15, 0.2) is 6.20 Å². The maximum absolute atomic E-state index is 8.81. The van der Waals surface area contributed by atoms with Gasteiger partial charge in [-0.15, -0.1) is 11.3 Å². The first kappa shape index (κ1) is 7.08. The SMILES string of the molecule is N#CC1(c2cnc(Cl)s2)CC1. The van der Waals surface area contributed by atoms with Gasteiger partial charge >= 0.3 is 0 Å². The summed E-state index contributed by atoms with van der Waals surface area (Å²) in [5, 5.41) is 8.81. The Labute approximate surface area is 73.4 Å². The van der Waals surface area contributed by atoms with Gasteiger partial charge in [0.1, 0.15) is 0 Å². The molecule has 0 amide bonds. The molecular formula is C7H5ClN2S. The second-order valence-corrected chi connectivity index (χ2v) is 4.28. The Balaban J connectivity index is 2.38. The Morgan fingerprint density at radius 3 is 2.82 bits per heavy atom. The molecule has 1 fully saturated rings. The van der Waals surface area contributed by atoms with Crippen molar-refractivity contribution in [2.24, 2.45) is 0 Å². The molecular weight excluding hydrogens is 180 g/mol. The number of aromatic nitrogens is 1. The van der Waals surface area contributed by atoms with Gasteiger partial charge < -0.3 is 0 Å². The van der Waals surface area contributed by atoms with Crippen LogP contribution in [0.2, 0.25) is 4.47 Å². The summed E-state index contributed by atoms with van der Waals surface area (Å²) in [5.74, 6) is 0. The van der Waals surface area contributed by atoms with E-state index in [1.165, 1.54) is 11.3 Å². The van der Waals surface area contributed by atoms with Crippen LogP contribution in [0, 0.1) is 11.3 Å². The fraction of sp³-hybridized carbons (Fsp3) is 0.429. The van der Waals surface area contributed by atoms with E-state index in [4.69, 9.17) is 16.9 Å². The van der Waals surface area contributed by atoms with E-state index in [1.807, 2.05) is 0 Å². The second kappa shape index (κ2) is 2.20. The first-order valence-corrected chi connectivity index (χ1v) is 4.49. The van der Waals surface area contributed by atoms with Crippen molar-refractivity contribution >= 4 is 22.9 Å². The van der Waals surface area contributed by atoms with E-state index in [0.29, 0.717) is 4.47 Å². The van der Waals surface area contributed by atoms with Gasteiger partial charge in [-0.25, -0.2) is 4.98 Å². The Morgan fingerprint density at radius 2 is 2.45 bits per heavy atom. The van der Waals surface area contributed by atoms with Crippen LogP contribution in [-0.2, 0) is 5.41 Å². The summed E-state index contributed by atoms with van der Waals surface area (Å²) in [5.41, 5.74) is -0.217. The van der Waals surface area contributed by atoms with Crippen molar-refractivity contribution in [3.05, 3.63) is 15.5 Å². The molecule has 4 heteroatoms. The van der Waals surface area contributed by atoms with E-state index in [9.17, 15) is 0 Å². The third-order valence-corrected chi connectivity index (χ3v) is 3.23. The fourth-order valence-corrected chi connectivity index (χ4v) is 2.15. The Bertz CT molecular complexity index is 321. The lowest BCUT2D eigenvalue weighted by molar-refractivity contribution is 0.931. The third-order valence-electron chi connectivity index (χ3n) is 1.91. The molecule has 0 N–H and O–H groups in total. The van der Waals surface area contributed by atoms with Gasteiger partial charge in [0.2, 0.25) is 0 Å². The van der Waals surface area contributed by atoms with Crippen molar-refractivity contribution in [1.29, 1.82) is 5.26 Å². The predicted octanol–water partition coefficient (Wildman–Crippen LogP) is 2.35. The highest BCUT2D eigenvalue weighted by Gasteiger charge is 2.46. The van der Waals surface area contributed by atoms with Crippen molar-refractivity contribution in [3.8, 4) is 6.07 Å². The smallest absolute Gasteiger partial charge is 0.183 e. The molecule has 1 aromatic heterocycles. The van der Waals surface area contributed by atoms with Gasteiger partial charge in [-0.05, 0) is 12.8 Å². The summed E-state index contributed by atoms with van der Waals surface area (Å²) in [6.45, 7) is 0. The summed E-state index contributed by atoms with van der Waals surface area (Å²) >= 11 is 7.06. The molecule has 11 heavy (non-hydrogen) atoms. The molecule has 1 heterocycles. The minimum Gasteiger partial charge on any atom is -0.233 e. The molecule has 0 saturated heterocycles. The van der Waals surface area contributed by atoms with Crippen LogP contribution >= 0.6 is 22.9 Å². The number of nitriles is 1. The number of thiazole rings is 1. The van der Waals surface area contributed by atoms with Crippen LogP contribution in [0.4, 0.5) is 0 Å². The fourth-order valence-electron chi connectivity index (χ4n) is 1.01. The number of hydrogen-bond donors (Lipinski definition) is 0. The molecule has 0 aliphatic heterocycles. The molecule has 0 atom stereocenters. The maximum atomic E-state index is 8.81. The molecule has 0 bridgehead atoms. The summed E-state index contributed by atoms with van der Waals surface area (Å²) in [6, 6.07) is 2.29. The van der Waals surface area contributed by atoms with Gasteiger partial charge in [-0.1, -0.05) is 11.6 Å². The van der Waals surface area contributed by atoms with Gasteiger partial charge in [-0.2, -0.15) is 5.26 Å². The van der Waals surface area contributed by atoms with Gasteiger partial charge in [0.15, 0.2) is 4.47 Å². The van der Waals surface area contributed by atoms with Crippen molar-refractivity contribution in [3.63, 3.8) is 0 Å². The Kier molecular flexibility index (Phi) is 1.41. The van der Waals surface area contributed by atoms with Crippen molar-refractivity contribution in [2.45, 2.75) is 18.3 Å². The van der Waals surface area contributed by atoms with E-state index in [0.717, 1.165) is 17.7 Å². The van der Waals surface area contributed by atoms with Crippen molar-refractivity contribution < 1.29 is 0 Å². The summed E-state index contributed by atoms with van der Waals surface area (Å²) in [7, 11) is 0. The second-order valence-electron chi connectivity index (χ2n) is 2.67. The lowest BCUT2D eigenvalue weighted by Crippen LogP contribution is -1.97. The molecule has 1 aliphatic rings. The zero-order valence-corrected chi connectivity index (χ0v) is 7.24. The predicted molar refractivity (Wildman–Crippen MR) is 43.6 cm³/mol. The maximum Gasteiger partial charge on any atom is 0.183 e.